The average molecular weight is 253 g/mol. The van der Waals surface area contributed by atoms with Gasteiger partial charge in [0, 0.05) is 19.4 Å². The van der Waals surface area contributed by atoms with Gasteiger partial charge in [-0.15, -0.1) is 0 Å². The van der Waals surface area contributed by atoms with Crippen molar-refractivity contribution in [3.8, 4) is 0 Å². The number of rotatable bonds is 6. The molecule has 1 rings (SSSR count). The van der Waals surface area contributed by atoms with E-state index in [0.717, 1.165) is 0 Å². The van der Waals surface area contributed by atoms with Gasteiger partial charge in [-0.25, -0.2) is 0 Å². The minimum Gasteiger partial charge on any atom is -0.481 e. The van der Waals surface area contributed by atoms with Crippen LogP contribution < -0.4 is 5.73 Å². The number of benzene rings is 1. The molecule has 0 aliphatic rings. The standard InChI is InChI=1S/C7H9N.C6H10O4/c8-6-7-4-2-1-3-5-7;7-5(8)3-1-2-4-6(9)10/h1-5H,6,8H2;1-4H2,(H,7,8)(H,9,10). The number of carboxylic acids is 2. The van der Waals surface area contributed by atoms with Gasteiger partial charge in [-0.05, 0) is 18.4 Å². The van der Waals surface area contributed by atoms with Gasteiger partial charge in [-0.1, -0.05) is 30.3 Å². The Hall–Kier alpha value is -1.88. The zero-order chi connectivity index (χ0) is 13.8. The maximum Gasteiger partial charge on any atom is 0.303 e. The molecule has 100 valence electrons. The summed E-state index contributed by atoms with van der Waals surface area (Å²) in [4.78, 5) is 19.8. The quantitative estimate of drug-likeness (QED) is 0.672. The third kappa shape index (κ3) is 10.6. The lowest BCUT2D eigenvalue weighted by Gasteiger charge is -1.92. The van der Waals surface area contributed by atoms with Crippen LogP contribution >= 0.6 is 0 Å². The smallest absolute Gasteiger partial charge is 0.303 e. The van der Waals surface area contributed by atoms with Crippen LogP contribution in [-0.4, -0.2) is 22.2 Å². The van der Waals surface area contributed by atoms with Gasteiger partial charge in [-0.2, -0.15) is 0 Å². The second-order valence-corrected chi connectivity index (χ2v) is 3.68. The molecule has 0 aliphatic heterocycles. The van der Waals surface area contributed by atoms with Crippen molar-refractivity contribution in [2.24, 2.45) is 5.73 Å². The fourth-order valence-electron chi connectivity index (χ4n) is 1.17. The molecule has 0 radical (unpaired) electrons. The van der Waals surface area contributed by atoms with Gasteiger partial charge in [-0.3, -0.25) is 9.59 Å². The van der Waals surface area contributed by atoms with Crippen LogP contribution in [0, 0.1) is 0 Å². The molecule has 0 heterocycles. The average Bonchev–Trinajstić information content (AvgIpc) is 2.36. The largest absolute Gasteiger partial charge is 0.481 e. The zero-order valence-corrected chi connectivity index (χ0v) is 10.2. The summed E-state index contributed by atoms with van der Waals surface area (Å²) in [7, 11) is 0. The van der Waals surface area contributed by atoms with Crippen molar-refractivity contribution >= 4 is 11.9 Å². The first-order valence-corrected chi connectivity index (χ1v) is 5.74. The lowest BCUT2D eigenvalue weighted by Crippen LogP contribution is -1.97. The number of hydrogen-bond acceptors (Lipinski definition) is 3. The Morgan fingerprint density at radius 1 is 0.944 bits per heavy atom. The fourth-order valence-corrected chi connectivity index (χ4v) is 1.17. The molecule has 0 amide bonds. The lowest BCUT2D eigenvalue weighted by molar-refractivity contribution is -0.139. The van der Waals surface area contributed by atoms with Crippen molar-refractivity contribution in [2.75, 3.05) is 0 Å². The first-order chi connectivity index (χ1) is 8.56. The van der Waals surface area contributed by atoms with Crippen LogP contribution in [0.2, 0.25) is 0 Å². The molecule has 0 unspecified atom stereocenters. The number of carboxylic acid groups (broad SMARTS) is 2. The summed E-state index contributed by atoms with van der Waals surface area (Å²) in [6.45, 7) is 0.640. The Morgan fingerprint density at radius 2 is 1.39 bits per heavy atom. The van der Waals surface area contributed by atoms with E-state index in [4.69, 9.17) is 15.9 Å². The summed E-state index contributed by atoms with van der Waals surface area (Å²) in [5, 5.41) is 16.3. The summed E-state index contributed by atoms with van der Waals surface area (Å²) in [6.07, 6.45) is 1.02. The van der Waals surface area contributed by atoms with Crippen molar-refractivity contribution in [1.29, 1.82) is 0 Å². The summed E-state index contributed by atoms with van der Waals surface area (Å²) in [5.41, 5.74) is 6.54. The van der Waals surface area contributed by atoms with Crippen LogP contribution in [0.15, 0.2) is 30.3 Å². The van der Waals surface area contributed by atoms with Crippen LogP contribution in [0.3, 0.4) is 0 Å². The SMILES string of the molecule is NCc1ccccc1.O=C(O)CCCCC(=O)O. The fraction of sp³-hybridized carbons (Fsp3) is 0.385. The first-order valence-electron chi connectivity index (χ1n) is 5.74. The first kappa shape index (κ1) is 16.1. The molecular weight excluding hydrogens is 234 g/mol. The Balaban J connectivity index is 0.000000327. The summed E-state index contributed by atoms with van der Waals surface area (Å²) >= 11 is 0. The Kier molecular flexibility index (Phi) is 9.21. The molecule has 0 fully saturated rings. The third-order valence-electron chi connectivity index (χ3n) is 2.11. The number of aliphatic carboxylic acids is 2. The van der Waals surface area contributed by atoms with E-state index in [1.807, 2.05) is 30.3 Å². The topological polar surface area (TPSA) is 101 Å². The van der Waals surface area contributed by atoms with E-state index in [1.165, 1.54) is 5.56 Å². The van der Waals surface area contributed by atoms with E-state index in [0.29, 0.717) is 19.4 Å². The minimum absolute atomic E-state index is 0.0628. The predicted octanol–water partition coefficient (Wildman–Crippen LogP) is 1.86. The van der Waals surface area contributed by atoms with Crippen LogP contribution in [-0.2, 0) is 16.1 Å². The van der Waals surface area contributed by atoms with Gasteiger partial charge in [0.2, 0.25) is 0 Å². The van der Waals surface area contributed by atoms with Gasteiger partial charge in [0.05, 0.1) is 0 Å². The Bertz CT molecular complexity index is 335. The van der Waals surface area contributed by atoms with Crippen molar-refractivity contribution in [3.05, 3.63) is 35.9 Å². The van der Waals surface area contributed by atoms with Gasteiger partial charge < -0.3 is 15.9 Å². The molecule has 0 saturated heterocycles. The maximum atomic E-state index is 9.90. The van der Waals surface area contributed by atoms with Crippen molar-refractivity contribution < 1.29 is 19.8 Å². The second kappa shape index (κ2) is 10.3. The molecule has 0 aliphatic carbocycles. The van der Waals surface area contributed by atoms with Gasteiger partial charge >= 0.3 is 11.9 Å². The predicted molar refractivity (Wildman–Crippen MR) is 68.1 cm³/mol. The number of carbonyl (C=O) groups is 2. The monoisotopic (exact) mass is 253 g/mol. The van der Waals surface area contributed by atoms with E-state index >= 15 is 0 Å². The molecular formula is C13H19NO4. The van der Waals surface area contributed by atoms with Crippen molar-refractivity contribution in [2.45, 2.75) is 32.2 Å². The van der Waals surface area contributed by atoms with Crippen molar-refractivity contribution in [1.82, 2.24) is 0 Å². The van der Waals surface area contributed by atoms with E-state index in [1.54, 1.807) is 0 Å². The van der Waals surface area contributed by atoms with Crippen LogP contribution in [0.25, 0.3) is 0 Å². The Labute approximate surface area is 106 Å². The number of hydrogen-bond donors (Lipinski definition) is 3. The summed E-state index contributed by atoms with van der Waals surface area (Å²) in [5.74, 6) is -1.74. The van der Waals surface area contributed by atoms with E-state index in [9.17, 15) is 9.59 Å². The number of unbranched alkanes of at least 4 members (excludes halogenated alkanes) is 1. The van der Waals surface area contributed by atoms with Crippen LogP contribution in [0.4, 0.5) is 0 Å². The Morgan fingerprint density at radius 3 is 1.67 bits per heavy atom. The van der Waals surface area contributed by atoms with Gasteiger partial charge in [0.1, 0.15) is 0 Å². The lowest BCUT2D eigenvalue weighted by atomic mass is 10.2. The minimum atomic E-state index is -0.870. The maximum absolute atomic E-state index is 9.90. The molecule has 18 heavy (non-hydrogen) atoms. The summed E-state index contributed by atoms with van der Waals surface area (Å²) in [6, 6.07) is 9.99. The van der Waals surface area contributed by atoms with Crippen molar-refractivity contribution in [3.63, 3.8) is 0 Å². The summed E-state index contributed by atoms with van der Waals surface area (Å²) < 4.78 is 0. The normalized spacial score (nSPS) is 9.17. The van der Waals surface area contributed by atoms with E-state index in [2.05, 4.69) is 0 Å². The third-order valence-corrected chi connectivity index (χ3v) is 2.11. The molecule has 5 nitrogen and oxygen atoms in total. The second-order valence-electron chi connectivity index (χ2n) is 3.68. The molecule has 0 bridgehead atoms. The highest BCUT2D eigenvalue weighted by molar-refractivity contribution is 5.67. The highest BCUT2D eigenvalue weighted by Crippen LogP contribution is 1.98. The molecule has 4 N–H and O–H groups in total. The highest BCUT2D eigenvalue weighted by Gasteiger charge is 1.99. The molecule has 1 aromatic rings. The van der Waals surface area contributed by atoms with Crippen LogP contribution in [0.1, 0.15) is 31.2 Å². The highest BCUT2D eigenvalue weighted by atomic mass is 16.4. The van der Waals surface area contributed by atoms with Gasteiger partial charge in [0.15, 0.2) is 0 Å². The molecule has 0 saturated carbocycles. The molecule has 1 aromatic carbocycles. The van der Waals surface area contributed by atoms with E-state index in [-0.39, 0.29) is 12.8 Å². The molecule has 0 atom stereocenters. The zero-order valence-electron chi connectivity index (χ0n) is 10.2. The molecule has 5 heteroatoms. The molecule has 0 spiro atoms. The van der Waals surface area contributed by atoms with Gasteiger partial charge in [0.25, 0.3) is 0 Å². The van der Waals surface area contributed by atoms with Crippen LogP contribution in [0.5, 0.6) is 0 Å². The number of nitrogens with two attached hydrogens (primary N) is 1. The molecule has 0 aromatic heterocycles. The van der Waals surface area contributed by atoms with E-state index < -0.39 is 11.9 Å².